The van der Waals surface area contributed by atoms with Crippen LogP contribution in [-0.4, -0.2) is 6.67 Å². The van der Waals surface area contributed by atoms with E-state index in [0.717, 1.165) is 5.56 Å². The van der Waals surface area contributed by atoms with Crippen molar-refractivity contribution in [2.24, 2.45) is 5.92 Å². The van der Waals surface area contributed by atoms with Crippen molar-refractivity contribution in [3.8, 4) is 6.07 Å². The Balaban J connectivity index is 2.23. The minimum atomic E-state index is -0.471. The van der Waals surface area contributed by atoms with Crippen molar-refractivity contribution in [3.05, 3.63) is 34.9 Å². The van der Waals surface area contributed by atoms with Gasteiger partial charge in [-0.3, -0.25) is 4.39 Å². The summed E-state index contributed by atoms with van der Waals surface area (Å²) in [7, 11) is 0. The van der Waals surface area contributed by atoms with Crippen LogP contribution in [0.3, 0.4) is 0 Å². The normalized spacial score (nSPS) is 29.3. The third kappa shape index (κ3) is 1.72. The van der Waals surface area contributed by atoms with Gasteiger partial charge in [0.1, 0.15) is 0 Å². The summed E-state index contributed by atoms with van der Waals surface area (Å²) in [5.74, 6) is 0.0559. The first-order chi connectivity index (χ1) is 7.20. The number of hydrogen-bond donors (Lipinski definition) is 0. The molecule has 0 amide bonds. The molecule has 0 atom stereocenters. The maximum absolute atomic E-state index is 12.4. The fraction of sp³-hybridized carbons (Fsp3) is 0.417. The molecule has 1 nitrogen and oxygen atoms in total. The lowest BCUT2D eigenvalue weighted by Crippen LogP contribution is -2.40. The van der Waals surface area contributed by atoms with E-state index >= 15 is 0 Å². The Hall–Kier alpha value is -1.07. The summed E-state index contributed by atoms with van der Waals surface area (Å²) in [5.41, 5.74) is 0.487. The van der Waals surface area contributed by atoms with Crippen LogP contribution >= 0.6 is 11.6 Å². The van der Waals surface area contributed by atoms with Gasteiger partial charge in [-0.05, 0) is 36.5 Å². The van der Waals surface area contributed by atoms with Crippen molar-refractivity contribution in [2.45, 2.75) is 18.3 Å². The van der Waals surface area contributed by atoms with Crippen molar-refractivity contribution in [3.63, 3.8) is 0 Å². The highest BCUT2D eigenvalue weighted by Crippen LogP contribution is 2.47. The van der Waals surface area contributed by atoms with E-state index in [9.17, 15) is 4.39 Å². The average Bonchev–Trinajstić information content (AvgIpc) is 2.20. The summed E-state index contributed by atoms with van der Waals surface area (Å²) in [4.78, 5) is 0. The second-order valence-electron chi connectivity index (χ2n) is 4.13. The molecule has 78 valence electrons. The molecule has 1 saturated carbocycles. The van der Waals surface area contributed by atoms with Crippen LogP contribution in [-0.2, 0) is 5.41 Å². The van der Waals surface area contributed by atoms with Gasteiger partial charge >= 0.3 is 0 Å². The van der Waals surface area contributed by atoms with Gasteiger partial charge in [0.15, 0.2) is 0 Å². The van der Waals surface area contributed by atoms with Crippen molar-refractivity contribution in [1.82, 2.24) is 0 Å². The molecule has 0 aromatic heterocycles. The van der Waals surface area contributed by atoms with E-state index in [1.54, 1.807) is 12.1 Å². The zero-order chi connectivity index (χ0) is 10.9. The number of halogens is 2. The molecule has 1 aromatic rings. The molecule has 0 radical (unpaired) electrons. The van der Waals surface area contributed by atoms with Crippen LogP contribution < -0.4 is 0 Å². The van der Waals surface area contributed by atoms with Gasteiger partial charge in [0.05, 0.1) is 18.2 Å². The third-order valence-electron chi connectivity index (χ3n) is 3.10. The first kappa shape index (κ1) is 10.4. The Morgan fingerprint density at radius 2 is 2.00 bits per heavy atom. The zero-order valence-corrected chi connectivity index (χ0v) is 8.97. The van der Waals surface area contributed by atoms with Crippen molar-refractivity contribution >= 4 is 11.6 Å². The van der Waals surface area contributed by atoms with E-state index < -0.39 is 5.41 Å². The van der Waals surface area contributed by atoms with Gasteiger partial charge in [-0.25, -0.2) is 0 Å². The third-order valence-corrected chi connectivity index (χ3v) is 3.36. The number of nitriles is 1. The van der Waals surface area contributed by atoms with Gasteiger partial charge in [0.2, 0.25) is 0 Å². The molecular weight excluding hydrogens is 213 g/mol. The highest BCUT2D eigenvalue weighted by molar-refractivity contribution is 6.30. The highest BCUT2D eigenvalue weighted by atomic mass is 35.5. The summed E-state index contributed by atoms with van der Waals surface area (Å²) in [6, 6.07) is 9.58. The Labute approximate surface area is 93.5 Å². The van der Waals surface area contributed by atoms with E-state index in [1.165, 1.54) is 0 Å². The number of rotatable bonds is 2. The maximum atomic E-state index is 12.4. The SMILES string of the molecule is N#CC1(c2ccc(Cl)cc2)CC(CF)C1. The Morgan fingerprint density at radius 3 is 2.47 bits per heavy atom. The second kappa shape index (κ2) is 3.83. The zero-order valence-electron chi connectivity index (χ0n) is 8.21. The Kier molecular flexibility index (Phi) is 2.67. The maximum Gasteiger partial charge on any atom is 0.0923 e. The minimum absolute atomic E-state index is 0.0559. The molecule has 1 fully saturated rings. The first-order valence-corrected chi connectivity index (χ1v) is 5.31. The minimum Gasteiger partial charge on any atom is -0.251 e. The molecule has 1 aromatic carbocycles. The van der Waals surface area contributed by atoms with Gasteiger partial charge in [0.25, 0.3) is 0 Å². The fourth-order valence-electron chi connectivity index (χ4n) is 2.20. The lowest BCUT2D eigenvalue weighted by Gasteiger charge is -2.41. The van der Waals surface area contributed by atoms with Crippen LogP contribution in [0, 0.1) is 17.2 Å². The van der Waals surface area contributed by atoms with Crippen molar-refractivity contribution < 1.29 is 4.39 Å². The molecule has 0 unspecified atom stereocenters. The molecule has 0 N–H and O–H groups in total. The number of nitrogens with zero attached hydrogens (tertiary/aromatic N) is 1. The quantitative estimate of drug-likeness (QED) is 0.753. The van der Waals surface area contributed by atoms with Crippen LogP contribution in [0.5, 0.6) is 0 Å². The van der Waals surface area contributed by atoms with Crippen molar-refractivity contribution in [1.29, 1.82) is 5.26 Å². The topological polar surface area (TPSA) is 23.8 Å². The van der Waals surface area contributed by atoms with E-state index in [4.69, 9.17) is 16.9 Å². The van der Waals surface area contributed by atoms with E-state index in [-0.39, 0.29) is 12.6 Å². The summed E-state index contributed by atoms with van der Waals surface area (Å²) < 4.78 is 12.4. The van der Waals surface area contributed by atoms with Crippen LogP contribution in [0.4, 0.5) is 4.39 Å². The van der Waals surface area contributed by atoms with Gasteiger partial charge in [-0.2, -0.15) is 5.26 Å². The van der Waals surface area contributed by atoms with Crippen LogP contribution in [0.2, 0.25) is 5.02 Å². The van der Waals surface area contributed by atoms with E-state index in [1.807, 2.05) is 12.1 Å². The number of alkyl halides is 1. The summed E-state index contributed by atoms with van der Waals surface area (Å²) in [6.07, 6.45) is 1.25. The fourth-order valence-corrected chi connectivity index (χ4v) is 2.32. The predicted octanol–water partition coefficient (Wildman–Crippen LogP) is 3.48. The lowest BCUT2D eigenvalue weighted by atomic mass is 9.60. The van der Waals surface area contributed by atoms with Crippen LogP contribution in [0.15, 0.2) is 24.3 Å². The molecule has 1 aliphatic carbocycles. The van der Waals surface area contributed by atoms with Gasteiger partial charge in [-0.1, -0.05) is 23.7 Å². The molecule has 1 aliphatic rings. The average molecular weight is 224 g/mol. The molecular formula is C12H11ClFN. The number of hydrogen-bond acceptors (Lipinski definition) is 1. The van der Waals surface area contributed by atoms with E-state index in [0.29, 0.717) is 17.9 Å². The molecule has 0 bridgehead atoms. The second-order valence-corrected chi connectivity index (χ2v) is 4.57. The van der Waals surface area contributed by atoms with E-state index in [2.05, 4.69) is 6.07 Å². The Bertz CT molecular complexity index is 387. The summed E-state index contributed by atoms with van der Waals surface area (Å²) >= 11 is 5.78. The number of benzene rings is 1. The standard InChI is InChI=1S/C12H11ClFN/c13-11-3-1-10(2-4-11)12(8-15)5-9(6-12)7-14/h1-4,9H,5-7H2. The van der Waals surface area contributed by atoms with Gasteiger partial charge in [-0.15, -0.1) is 0 Å². The first-order valence-electron chi connectivity index (χ1n) is 4.93. The molecule has 0 spiro atoms. The molecule has 3 heteroatoms. The smallest absolute Gasteiger partial charge is 0.0923 e. The summed E-state index contributed by atoms with van der Waals surface area (Å²) in [5, 5.41) is 9.83. The molecule has 2 rings (SSSR count). The monoisotopic (exact) mass is 223 g/mol. The van der Waals surface area contributed by atoms with Crippen LogP contribution in [0.1, 0.15) is 18.4 Å². The molecule has 0 heterocycles. The summed E-state index contributed by atoms with van der Waals surface area (Å²) in [6.45, 7) is -0.322. The largest absolute Gasteiger partial charge is 0.251 e. The van der Waals surface area contributed by atoms with Gasteiger partial charge in [0, 0.05) is 5.02 Å². The highest BCUT2D eigenvalue weighted by Gasteiger charge is 2.45. The van der Waals surface area contributed by atoms with Crippen LogP contribution in [0.25, 0.3) is 0 Å². The lowest BCUT2D eigenvalue weighted by molar-refractivity contribution is 0.158. The molecule has 0 aliphatic heterocycles. The Morgan fingerprint density at radius 1 is 1.40 bits per heavy atom. The molecule has 0 saturated heterocycles. The molecule has 15 heavy (non-hydrogen) atoms. The predicted molar refractivity (Wildman–Crippen MR) is 57.4 cm³/mol. The van der Waals surface area contributed by atoms with Gasteiger partial charge < -0.3 is 0 Å². The van der Waals surface area contributed by atoms with Crippen molar-refractivity contribution in [2.75, 3.05) is 6.67 Å².